The zero-order valence-corrected chi connectivity index (χ0v) is 8.43. The summed E-state index contributed by atoms with van der Waals surface area (Å²) >= 11 is 0. The number of hydrogen-bond donors (Lipinski definition) is 1. The molecule has 0 unspecified atom stereocenters. The van der Waals surface area contributed by atoms with Crippen LogP contribution in [0.2, 0.25) is 0 Å². The number of esters is 1. The van der Waals surface area contributed by atoms with Crippen molar-refractivity contribution in [1.29, 1.82) is 0 Å². The molecule has 0 spiro atoms. The molecule has 0 aliphatic carbocycles. The predicted octanol–water partition coefficient (Wildman–Crippen LogP) is 0.463. The molecule has 15 heavy (non-hydrogen) atoms. The second kappa shape index (κ2) is 4.94. The SMILES string of the molecule is CO/C=C/c1cnc(C(=O)OC)c(N)n1. The van der Waals surface area contributed by atoms with Crippen LogP contribution < -0.4 is 5.73 Å². The molecule has 0 saturated heterocycles. The highest BCUT2D eigenvalue weighted by Gasteiger charge is 2.12. The fourth-order valence-corrected chi connectivity index (χ4v) is 0.890. The Labute approximate surface area is 86.7 Å². The van der Waals surface area contributed by atoms with E-state index in [4.69, 9.17) is 10.5 Å². The van der Waals surface area contributed by atoms with E-state index in [2.05, 4.69) is 14.7 Å². The van der Waals surface area contributed by atoms with Crippen LogP contribution in [0.1, 0.15) is 16.2 Å². The largest absolute Gasteiger partial charge is 0.504 e. The van der Waals surface area contributed by atoms with E-state index in [9.17, 15) is 4.79 Å². The molecule has 0 aliphatic rings. The average Bonchev–Trinajstić information content (AvgIpc) is 2.25. The highest BCUT2D eigenvalue weighted by molar-refractivity contribution is 5.91. The van der Waals surface area contributed by atoms with Crippen LogP contribution in [0.5, 0.6) is 0 Å². The quantitative estimate of drug-likeness (QED) is 0.574. The number of hydrogen-bond acceptors (Lipinski definition) is 6. The molecule has 0 amide bonds. The van der Waals surface area contributed by atoms with Crippen LogP contribution in [0.3, 0.4) is 0 Å². The molecule has 1 aromatic rings. The lowest BCUT2D eigenvalue weighted by molar-refractivity contribution is 0.0595. The van der Waals surface area contributed by atoms with Gasteiger partial charge in [-0.2, -0.15) is 0 Å². The zero-order chi connectivity index (χ0) is 11.3. The highest BCUT2D eigenvalue weighted by atomic mass is 16.5. The third-order valence-corrected chi connectivity index (χ3v) is 1.57. The van der Waals surface area contributed by atoms with E-state index >= 15 is 0 Å². The summed E-state index contributed by atoms with van der Waals surface area (Å²) in [7, 11) is 2.76. The van der Waals surface area contributed by atoms with Gasteiger partial charge in [-0.05, 0) is 6.08 Å². The molecule has 1 rings (SSSR count). The molecule has 0 saturated carbocycles. The lowest BCUT2D eigenvalue weighted by Crippen LogP contribution is -2.10. The average molecular weight is 209 g/mol. The summed E-state index contributed by atoms with van der Waals surface area (Å²) in [4.78, 5) is 18.9. The van der Waals surface area contributed by atoms with Gasteiger partial charge in [0.2, 0.25) is 0 Å². The normalized spacial score (nSPS) is 10.3. The van der Waals surface area contributed by atoms with Crippen molar-refractivity contribution in [3.05, 3.63) is 23.8 Å². The molecule has 0 aromatic carbocycles. The Hall–Kier alpha value is -2.11. The second-order valence-corrected chi connectivity index (χ2v) is 2.56. The summed E-state index contributed by atoms with van der Waals surface area (Å²) in [6, 6.07) is 0. The van der Waals surface area contributed by atoms with Crippen molar-refractivity contribution in [3.8, 4) is 0 Å². The first-order valence-corrected chi connectivity index (χ1v) is 4.09. The van der Waals surface area contributed by atoms with Crippen LogP contribution in [0.15, 0.2) is 12.5 Å². The van der Waals surface area contributed by atoms with Crippen LogP contribution in [0, 0.1) is 0 Å². The van der Waals surface area contributed by atoms with Crippen molar-refractivity contribution in [2.45, 2.75) is 0 Å². The summed E-state index contributed by atoms with van der Waals surface area (Å²) in [6.07, 6.45) is 4.41. The number of anilines is 1. The maximum atomic E-state index is 11.1. The molecular formula is C9H11N3O3. The minimum absolute atomic E-state index is 0.00654. The maximum Gasteiger partial charge on any atom is 0.360 e. The van der Waals surface area contributed by atoms with E-state index < -0.39 is 5.97 Å². The van der Waals surface area contributed by atoms with Gasteiger partial charge in [0, 0.05) is 0 Å². The molecule has 6 nitrogen and oxygen atoms in total. The molecule has 0 bridgehead atoms. The lowest BCUT2D eigenvalue weighted by atomic mass is 10.3. The number of methoxy groups -OCH3 is 2. The third kappa shape index (κ3) is 2.67. The van der Waals surface area contributed by atoms with E-state index in [1.165, 1.54) is 26.7 Å². The van der Waals surface area contributed by atoms with Gasteiger partial charge in [-0.3, -0.25) is 0 Å². The van der Waals surface area contributed by atoms with Crippen molar-refractivity contribution in [2.75, 3.05) is 20.0 Å². The Morgan fingerprint density at radius 2 is 2.27 bits per heavy atom. The number of rotatable bonds is 3. The van der Waals surface area contributed by atoms with Crippen LogP contribution >= 0.6 is 0 Å². The Balaban J connectivity index is 2.98. The Morgan fingerprint density at radius 3 is 2.80 bits per heavy atom. The Bertz CT molecular complexity index is 390. The molecule has 2 N–H and O–H groups in total. The topological polar surface area (TPSA) is 87.3 Å². The summed E-state index contributed by atoms with van der Waals surface area (Å²) in [6.45, 7) is 0. The summed E-state index contributed by atoms with van der Waals surface area (Å²) in [5, 5.41) is 0. The Morgan fingerprint density at radius 1 is 1.53 bits per heavy atom. The molecule has 1 aromatic heterocycles. The van der Waals surface area contributed by atoms with Gasteiger partial charge in [0.1, 0.15) is 0 Å². The summed E-state index contributed by atoms with van der Waals surface area (Å²) in [5.41, 5.74) is 6.03. The molecule has 0 radical (unpaired) electrons. The van der Waals surface area contributed by atoms with Gasteiger partial charge in [0.15, 0.2) is 11.5 Å². The zero-order valence-electron chi connectivity index (χ0n) is 8.43. The number of ether oxygens (including phenoxy) is 2. The van der Waals surface area contributed by atoms with Crippen molar-refractivity contribution in [3.63, 3.8) is 0 Å². The first-order valence-electron chi connectivity index (χ1n) is 4.09. The molecule has 0 aliphatic heterocycles. The lowest BCUT2D eigenvalue weighted by Gasteiger charge is -2.01. The second-order valence-electron chi connectivity index (χ2n) is 2.56. The van der Waals surface area contributed by atoms with E-state index in [1.807, 2.05) is 0 Å². The van der Waals surface area contributed by atoms with E-state index in [1.54, 1.807) is 6.08 Å². The van der Waals surface area contributed by atoms with Crippen LogP contribution in [-0.4, -0.2) is 30.2 Å². The first-order chi connectivity index (χ1) is 7.19. The number of carbonyl (C=O) groups excluding carboxylic acids is 1. The van der Waals surface area contributed by atoms with Crippen LogP contribution in [-0.2, 0) is 9.47 Å². The van der Waals surface area contributed by atoms with Crippen molar-refractivity contribution in [1.82, 2.24) is 9.97 Å². The van der Waals surface area contributed by atoms with E-state index in [-0.39, 0.29) is 11.5 Å². The third-order valence-electron chi connectivity index (χ3n) is 1.57. The van der Waals surface area contributed by atoms with Crippen molar-refractivity contribution < 1.29 is 14.3 Å². The van der Waals surface area contributed by atoms with Gasteiger partial charge in [0.25, 0.3) is 0 Å². The predicted molar refractivity (Wildman–Crippen MR) is 53.8 cm³/mol. The molecule has 0 fully saturated rings. The standard InChI is InChI=1S/C9H11N3O3/c1-14-4-3-6-5-11-7(8(10)12-6)9(13)15-2/h3-5H,1-2H3,(H2,10,12)/b4-3+. The molecule has 80 valence electrons. The Kier molecular flexibility index (Phi) is 3.61. The fourth-order valence-electron chi connectivity index (χ4n) is 0.890. The number of carbonyl (C=O) groups is 1. The monoisotopic (exact) mass is 209 g/mol. The minimum atomic E-state index is -0.609. The van der Waals surface area contributed by atoms with E-state index in [0.29, 0.717) is 5.69 Å². The molecule has 0 atom stereocenters. The number of nitrogen functional groups attached to an aromatic ring is 1. The van der Waals surface area contributed by atoms with Gasteiger partial charge >= 0.3 is 5.97 Å². The van der Waals surface area contributed by atoms with Gasteiger partial charge < -0.3 is 15.2 Å². The minimum Gasteiger partial charge on any atom is -0.504 e. The number of nitrogens with zero attached hydrogens (tertiary/aromatic N) is 2. The molecule has 6 heteroatoms. The number of aromatic nitrogens is 2. The number of nitrogens with two attached hydrogens (primary N) is 1. The molecule has 1 heterocycles. The van der Waals surface area contributed by atoms with Gasteiger partial charge in [0.05, 0.1) is 32.4 Å². The van der Waals surface area contributed by atoms with Crippen LogP contribution in [0.25, 0.3) is 6.08 Å². The summed E-state index contributed by atoms with van der Waals surface area (Å²) < 4.78 is 9.18. The van der Waals surface area contributed by atoms with Crippen LogP contribution in [0.4, 0.5) is 5.82 Å². The fraction of sp³-hybridized carbons (Fsp3) is 0.222. The van der Waals surface area contributed by atoms with Crippen molar-refractivity contribution in [2.24, 2.45) is 0 Å². The van der Waals surface area contributed by atoms with Gasteiger partial charge in [-0.25, -0.2) is 14.8 Å². The maximum absolute atomic E-state index is 11.1. The smallest absolute Gasteiger partial charge is 0.360 e. The highest BCUT2D eigenvalue weighted by Crippen LogP contribution is 2.08. The molecular weight excluding hydrogens is 198 g/mol. The summed E-state index contributed by atoms with van der Waals surface area (Å²) in [5.74, 6) is -0.581. The first kappa shape index (κ1) is 11.0. The van der Waals surface area contributed by atoms with Gasteiger partial charge in [-0.1, -0.05) is 0 Å². The van der Waals surface area contributed by atoms with Crippen molar-refractivity contribution >= 4 is 17.9 Å². The van der Waals surface area contributed by atoms with E-state index in [0.717, 1.165) is 0 Å². The van der Waals surface area contributed by atoms with Gasteiger partial charge in [-0.15, -0.1) is 0 Å².